The van der Waals surface area contributed by atoms with Crippen LogP contribution in [-0.4, -0.2) is 19.0 Å². The lowest BCUT2D eigenvalue weighted by Gasteiger charge is -2.14. The van der Waals surface area contributed by atoms with Gasteiger partial charge in [-0.1, -0.05) is 19.1 Å². The molecule has 0 fully saturated rings. The van der Waals surface area contributed by atoms with Gasteiger partial charge in [0.1, 0.15) is 0 Å². The number of hydrogen-bond acceptors (Lipinski definition) is 3. The molecular weight excluding hydrogens is 226 g/mol. The van der Waals surface area contributed by atoms with Gasteiger partial charge in [0.25, 0.3) is 0 Å². The van der Waals surface area contributed by atoms with Crippen molar-refractivity contribution in [3.8, 4) is 6.07 Å². The number of benzene rings is 1. The molecule has 0 spiro atoms. The standard InChI is InChI=1S/C14H19N3O/c1-3-7-16-14(18)10-17-11(2)13-6-4-5-12(8-13)9-15/h4-6,8,11,17H,3,7,10H2,1-2H3,(H,16,18). The van der Waals surface area contributed by atoms with Crippen LogP contribution in [0.2, 0.25) is 0 Å². The van der Waals surface area contributed by atoms with Crippen molar-refractivity contribution in [3.05, 3.63) is 35.4 Å². The van der Waals surface area contributed by atoms with Gasteiger partial charge in [0.15, 0.2) is 0 Å². The van der Waals surface area contributed by atoms with Crippen molar-refractivity contribution < 1.29 is 4.79 Å². The van der Waals surface area contributed by atoms with Crippen molar-refractivity contribution in [1.29, 1.82) is 5.26 Å². The Bertz CT molecular complexity index is 437. The molecule has 4 nitrogen and oxygen atoms in total. The molecule has 0 aliphatic heterocycles. The summed E-state index contributed by atoms with van der Waals surface area (Å²) >= 11 is 0. The second-order valence-electron chi connectivity index (χ2n) is 4.19. The first kappa shape index (κ1) is 14.2. The lowest BCUT2D eigenvalue weighted by atomic mass is 10.1. The van der Waals surface area contributed by atoms with Crippen LogP contribution in [0.3, 0.4) is 0 Å². The largest absolute Gasteiger partial charge is 0.355 e. The minimum Gasteiger partial charge on any atom is -0.355 e. The third-order valence-corrected chi connectivity index (χ3v) is 2.66. The van der Waals surface area contributed by atoms with Crippen molar-refractivity contribution in [2.24, 2.45) is 0 Å². The molecule has 1 aromatic carbocycles. The Balaban J connectivity index is 2.47. The van der Waals surface area contributed by atoms with Crippen LogP contribution in [0, 0.1) is 11.3 Å². The van der Waals surface area contributed by atoms with Gasteiger partial charge in [-0.15, -0.1) is 0 Å². The first-order valence-corrected chi connectivity index (χ1v) is 6.17. The molecule has 1 atom stereocenters. The van der Waals surface area contributed by atoms with E-state index in [0.29, 0.717) is 12.1 Å². The zero-order valence-electron chi connectivity index (χ0n) is 10.9. The van der Waals surface area contributed by atoms with E-state index in [1.54, 1.807) is 6.07 Å². The first-order valence-electron chi connectivity index (χ1n) is 6.17. The zero-order valence-corrected chi connectivity index (χ0v) is 10.9. The second-order valence-corrected chi connectivity index (χ2v) is 4.19. The van der Waals surface area contributed by atoms with E-state index in [9.17, 15) is 4.79 Å². The number of amides is 1. The fraction of sp³-hybridized carbons (Fsp3) is 0.429. The predicted molar refractivity (Wildman–Crippen MR) is 70.9 cm³/mol. The molecule has 0 aliphatic carbocycles. The van der Waals surface area contributed by atoms with Gasteiger partial charge in [0.2, 0.25) is 5.91 Å². The quantitative estimate of drug-likeness (QED) is 0.802. The van der Waals surface area contributed by atoms with Crippen LogP contribution in [0.4, 0.5) is 0 Å². The highest BCUT2D eigenvalue weighted by atomic mass is 16.1. The maximum atomic E-state index is 11.4. The summed E-state index contributed by atoms with van der Waals surface area (Å²) in [5.74, 6) is 0.000128. The normalized spacial score (nSPS) is 11.6. The average Bonchev–Trinajstić information content (AvgIpc) is 2.42. The van der Waals surface area contributed by atoms with E-state index in [1.165, 1.54) is 0 Å². The van der Waals surface area contributed by atoms with Gasteiger partial charge in [0.05, 0.1) is 18.2 Å². The number of nitrogens with one attached hydrogen (secondary N) is 2. The maximum Gasteiger partial charge on any atom is 0.233 e. The molecule has 4 heteroatoms. The molecule has 0 radical (unpaired) electrons. The third kappa shape index (κ3) is 4.56. The summed E-state index contributed by atoms with van der Waals surface area (Å²) in [4.78, 5) is 11.4. The summed E-state index contributed by atoms with van der Waals surface area (Å²) in [6.45, 7) is 4.99. The van der Waals surface area contributed by atoms with E-state index in [4.69, 9.17) is 5.26 Å². The summed E-state index contributed by atoms with van der Waals surface area (Å²) in [5.41, 5.74) is 1.65. The zero-order chi connectivity index (χ0) is 13.4. The highest BCUT2D eigenvalue weighted by Crippen LogP contribution is 2.13. The van der Waals surface area contributed by atoms with Crippen molar-refractivity contribution >= 4 is 5.91 Å². The molecule has 0 aliphatic rings. The van der Waals surface area contributed by atoms with Gasteiger partial charge in [-0.2, -0.15) is 5.26 Å². The Kier molecular flexibility index (Phi) is 5.89. The van der Waals surface area contributed by atoms with Gasteiger partial charge < -0.3 is 10.6 Å². The van der Waals surface area contributed by atoms with Crippen LogP contribution < -0.4 is 10.6 Å². The van der Waals surface area contributed by atoms with Crippen LogP contribution in [0.25, 0.3) is 0 Å². The molecule has 0 saturated carbocycles. The number of hydrogen-bond donors (Lipinski definition) is 2. The second kappa shape index (κ2) is 7.46. The molecule has 1 unspecified atom stereocenters. The minimum absolute atomic E-state index is 0.000128. The summed E-state index contributed by atoms with van der Waals surface area (Å²) in [6, 6.07) is 9.56. The summed E-state index contributed by atoms with van der Waals surface area (Å²) < 4.78 is 0. The topological polar surface area (TPSA) is 64.9 Å². The summed E-state index contributed by atoms with van der Waals surface area (Å²) in [5, 5.41) is 14.8. The van der Waals surface area contributed by atoms with Gasteiger partial charge in [-0.3, -0.25) is 4.79 Å². The molecule has 1 rings (SSSR count). The highest BCUT2D eigenvalue weighted by molar-refractivity contribution is 5.77. The number of carbonyl (C=O) groups is 1. The minimum atomic E-state index is 0.000128. The van der Waals surface area contributed by atoms with Crippen LogP contribution in [0.15, 0.2) is 24.3 Å². The number of carbonyl (C=O) groups excluding carboxylic acids is 1. The third-order valence-electron chi connectivity index (χ3n) is 2.66. The first-order chi connectivity index (χ1) is 8.67. The lowest BCUT2D eigenvalue weighted by Crippen LogP contribution is -2.35. The molecule has 0 heterocycles. The van der Waals surface area contributed by atoms with Gasteiger partial charge in [-0.05, 0) is 31.0 Å². The van der Waals surface area contributed by atoms with E-state index in [0.717, 1.165) is 12.0 Å². The number of rotatable bonds is 6. The van der Waals surface area contributed by atoms with Crippen molar-refractivity contribution in [2.75, 3.05) is 13.1 Å². The Morgan fingerprint density at radius 3 is 2.94 bits per heavy atom. The Hall–Kier alpha value is -1.86. The van der Waals surface area contributed by atoms with E-state index in [-0.39, 0.29) is 18.5 Å². The molecule has 1 amide bonds. The predicted octanol–water partition coefficient (Wildman–Crippen LogP) is 1.74. The van der Waals surface area contributed by atoms with E-state index >= 15 is 0 Å². The molecule has 0 aromatic heterocycles. The van der Waals surface area contributed by atoms with Crippen molar-refractivity contribution in [3.63, 3.8) is 0 Å². The Labute approximate surface area is 108 Å². The van der Waals surface area contributed by atoms with Crippen LogP contribution in [0.5, 0.6) is 0 Å². The van der Waals surface area contributed by atoms with Crippen LogP contribution >= 0.6 is 0 Å². The summed E-state index contributed by atoms with van der Waals surface area (Å²) in [6.07, 6.45) is 0.936. The summed E-state index contributed by atoms with van der Waals surface area (Å²) in [7, 11) is 0. The van der Waals surface area contributed by atoms with Gasteiger partial charge >= 0.3 is 0 Å². The SMILES string of the molecule is CCCNC(=O)CNC(C)c1cccc(C#N)c1. The molecule has 96 valence electrons. The highest BCUT2D eigenvalue weighted by Gasteiger charge is 2.07. The lowest BCUT2D eigenvalue weighted by molar-refractivity contribution is -0.120. The van der Waals surface area contributed by atoms with Crippen LogP contribution in [-0.2, 0) is 4.79 Å². The van der Waals surface area contributed by atoms with E-state index in [1.807, 2.05) is 32.0 Å². The molecular formula is C14H19N3O. The van der Waals surface area contributed by atoms with Crippen molar-refractivity contribution in [2.45, 2.75) is 26.3 Å². The Morgan fingerprint density at radius 1 is 1.50 bits per heavy atom. The van der Waals surface area contributed by atoms with Gasteiger partial charge in [0, 0.05) is 12.6 Å². The molecule has 1 aromatic rings. The number of nitrogens with zero attached hydrogens (tertiary/aromatic N) is 1. The molecule has 2 N–H and O–H groups in total. The fourth-order valence-electron chi connectivity index (χ4n) is 1.57. The molecule has 0 saturated heterocycles. The van der Waals surface area contributed by atoms with E-state index in [2.05, 4.69) is 16.7 Å². The average molecular weight is 245 g/mol. The van der Waals surface area contributed by atoms with Crippen LogP contribution in [0.1, 0.15) is 37.4 Å². The van der Waals surface area contributed by atoms with Crippen molar-refractivity contribution in [1.82, 2.24) is 10.6 Å². The Morgan fingerprint density at radius 2 is 2.28 bits per heavy atom. The van der Waals surface area contributed by atoms with E-state index < -0.39 is 0 Å². The smallest absolute Gasteiger partial charge is 0.233 e. The van der Waals surface area contributed by atoms with Gasteiger partial charge in [-0.25, -0.2) is 0 Å². The monoisotopic (exact) mass is 245 g/mol. The molecule has 18 heavy (non-hydrogen) atoms. The molecule has 0 bridgehead atoms. The fourth-order valence-corrected chi connectivity index (χ4v) is 1.57. The maximum absolute atomic E-state index is 11.4. The number of nitriles is 1.